The van der Waals surface area contributed by atoms with Crippen molar-refractivity contribution >= 4 is 11.8 Å². The molecule has 4 N–H and O–H groups in total. The lowest BCUT2D eigenvalue weighted by atomic mass is 10.1. The van der Waals surface area contributed by atoms with E-state index < -0.39 is 5.66 Å². The van der Waals surface area contributed by atoms with E-state index in [9.17, 15) is 9.59 Å². The molecule has 0 spiro atoms. The molecule has 2 fully saturated rings. The number of nitrogens with one attached hydrogen (secondary N) is 2. The number of hydrogen-bond donors (Lipinski definition) is 3. The van der Waals surface area contributed by atoms with Gasteiger partial charge in [-0.15, -0.1) is 0 Å². The molecule has 0 bridgehead atoms. The first-order valence-corrected chi connectivity index (χ1v) is 4.77. The van der Waals surface area contributed by atoms with E-state index in [1.165, 1.54) is 5.01 Å². The van der Waals surface area contributed by atoms with Crippen LogP contribution in [0.2, 0.25) is 0 Å². The molecule has 2 aliphatic rings. The van der Waals surface area contributed by atoms with Gasteiger partial charge >= 0.3 is 0 Å². The molecule has 1 atom stereocenters. The smallest absolute Gasteiger partial charge is 0.256 e. The van der Waals surface area contributed by atoms with Gasteiger partial charge in [0.1, 0.15) is 0 Å². The Kier molecular flexibility index (Phi) is 2.16. The Bertz CT molecular complexity index is 281. The standard InChI is InChI=1S/C8H14N4O2/c9-8(3-4-10-7(8)14)11-12-5-1-2-6(12)13/h11H,1-5,9H2,(H,10,14)/t8-/m0/s1. The van der Waals surface area contributed by atoms with Gasteiger partial charge in [-0.25, -0.2) is 5.43 Å². The molecule has 0 unspecified atom stereocenters. The molecule has 2 aliphatic heterocycles. The van der Waals surface area contributed by atoms with Crippen LogP contribution in [-0.4, -0.2) is 35.6 Å². The predicted octanol–water partition coefficient (Wildman–Crippen LogP) is -1.71. The van der Waals surface area contributed by atoms with Crippen molar-refractivity contribution in [3.05, 3.63) is 0 Å². The number of hydrazine groups is 1. The van der Waals surface area contributed by atoms with Crippen molar-refractivity contribution in [3.63, 3.8) is 0 Å². The molecule has 2 saturated heterocycles. The topological polar surface area (TPSA) is 87.5 Å². The van der Waals surface area contributed by atoms with Gasteiger partial charge in [-0.2, -0.15) is 0 Å². The normalized spacial score (nSPS) is 32.5. The Labute approximate surface area is 81.8 Å². The van der Waals surface area contributed by atoms with Gasteiger partial charge in [0.15, 0.2) is 5.66 Å². The third kappa shape index (κ3) is 1.46. The SMILES string of the molecule is N[C@]1(NN2CCCC2=O)CCNC1=O. The molecule has 6 heteroatoms. The van der Waals surface area contributed by atoms with E-state index in [2.05, 4.69) is 10.7 Å². The van der Waals surface area contributed by atoms with Crippen LogP contribution in [-0.2, 0) is 9.59 Å². The number of rotatable bonds is 2. The van der Waals surface area contributed by atoms with Gasteiger partial charge in [0.2, 0.25) is 5.91 Å². The molecule has 6 nitrogen and oxygen atoms in total. The van der Waals surface area contributed by atoms with Crippen molar-refractivity contribution in [2.75, 3.05) is 13.1 Å². The van der Waals surface area contributed by atoms with Crippen LogP contribution in [0.3, 0.4) is 0 Å². The highest BCUT2D eigenvalue weighted by atomic mass is 16.2. The van der Waals surface area contributed by atoms with Crippen molar-refractivity contribution in [1.29, 1.82) is 0 Å². The minimum absolute atomic E-state index is 0.00882. The minimum Gasteiger partial charge on any atom is -0.353 e. The zero-order valence-electron chi connectivity index (χ0n) is 7.88. The number of nitrogens with two attached hydrogens (primary N) is 1. The maximum Gasteiger partial charge on any atom is 0.256 e. The number of hydrogen-bond acceptors (Lipinski definition) is 4. The molecule has 2 amide bonds. The fraction of sp³-hybridized carbons (Fsp3) is 0.750. The van der Waals surface area contributed by atoms with Gasteiger partial charge in [-0.3, -0.25) is 14.6 Å². The third-order valence-corrected chi connectivity index (χ3v) is 2.62. The molecular formula is C8H14N4O2. The minimum atomic E-state index is -1.10. The second-order valence-electron chi connectivity index (χ2n) is 3.74. The predicted molar refractivity (Wildman–Crippen MR) is 48.6 cm³/mol. The summed E-state index contributed by atoms with van der Waals surface area (Å²) in [7, 11) is 0. The summed E-state index contributed by atoms with van der Waals surface area (Å²) in [6, 6.07) is 0. The average molecular weight is 198 g/mol. The molecule has 0 aromatic rings. The van der Waals surface area contributed by atoms with E-state index in [1.54, 1.807) is 0 Å². The summed E-state index contributed by atoms with van der Waals surface area (Å²) in [6.45, 7) is 1.19. The molecule has 0 aliphatic carbocycles. The van der Waals surface area contributed by atoms with Crippen LogP contribution in [0.1, 0.15) is 19.3 Å². The number of amides is 2. The van der Waals surface area contributed by atoms with Crippen LogP contribution in [0.5, 0.6) is 0 Å². The van der Waals surface area contributed by atoms with Crippen molar-refractivity contribution in [2.45, 2.75) is 24.9 Å². The van der Waals surface area contributed by atoms with Gasteiger partial charge in [-0.05, 0) is 6.42 Å². The summed E-state index contributed by atoms with van der Waals surface area (Å²) in [5.74, 6) is -0.230. The Morgan fingerprint density at radius 3 is 2.79 bits per heavy atom. The number of carbonyl (C=O) groups is 2. The Morgan fingerprint density at radius 2 is 2.29 bits per heavy atom. The second kappa shape index (κ2) is 3.21. The summed E-state index contributed by atoms with van der Waals surface area (Å²) in [6.07, 6.45) is 1.86. The molecule has 0 radical (unpaired) electrons. The van der Waals surface area contributed by atoms with Gasteiger partial charge in [0.25, 0.3) is 5.91 Å². The second-order valence-corrected chi connectivity index (χ2v) is 3.74. The highest BCUT2D eigenvalue weighted by Crippen LogP contribution is 2.13. The zero-order valence-corrected chi connectivity index (χ0v) is 7.88. The van der Waals surface area contributed by atoms with Crippen LogP contribution >= 0.6 is 0 Å². The van der Waals surface area contributed by atoms with Crippen LogP contribution < -0.4 is 16.5 Å². The monoisotopic (exact) mass is 198 g/mol. The van der Waals surface area contributed by atoms with Gasteiger partial charge in [-0.1, -0.05) is 0 Å². The van der Waals surface area contributed by atoms with Crippen molar-refractivity contribution in [1.82, 2.24) is 15.8 Å². The fourth-order valence-corrected chi connectivity index (χ4v) is 1.76. The molecule has 0 aromatic carbocycles. The van der Waals surface area contributed by atoms with E-state index >= 15 is 0 Å². The first kappa shape index (κ1) is 9.42. The molecule has 0 saturated carbocycles. The summed E-state index contributed by atoms with van der Waals surface area (Å²) >= 11 is 0. The van der Waals surface area contributed by atoms with Gasteiger partial charge in [0.05, 0.1) is 0 Å². The first-order valence-electron chi connectivity index (χ1n) is 4.77. The average Bonchev–Trinajstić information content (AvgIpc) is 2.64. The van der Waals surface area contributed by atoms with E-state index in [0.29, 0.717) is 25.9 Å². The zero-order chi connectivity index (χ0) is 10.2. The maximum atomic E-state index is 11.4. The Morgan fingerprint density at radius 1 is 1.50 bits per heavy atom. The fourth-order valence-electron chi connectivity index (χ4n) is 1.76. The molecule has 14 heavy (non-hydrogen) atoms. The summed E-state index contributed by atoms with van der Waals surface area (Å²) in [4.78, 5) is 22.6. The van der Waals surface area contributed by atoms with E-state index in [4.69, 9.17) is 5.73 Å². The molecule has 2 rings (SSSR count). The Balaban J connectivity index is 2.02. The molecular weight excluding hydrogens is 184 g/mol. The lowest BCUT2D eigenvalue weighted by molar-refractivity contribution is -0.135. The highest BCUT2D eigenvalue weighted by molar-refractivity contribution is 5.88. The van der Waals surface area contributed by atoms with Gasteiger partial charge in [0, 0.05) is 25.9 Å². The quantitative estimate of drug-likeness (QED) is 0.461. The lowest BCUT2D eigenvalue weighted by Gasteiger charge is -2.28. The summed E-state index contributed by atoms with van der Waals surface area (Å²) in [5, 5.41) is 4.08. The Hall–Kier alpha value is -1.14. The van der Waals surface area contributed by atoms with Crippen molar-refractivity contribution in [3.8, 4) is 0 Å². The maximum absolute atomic E-state index is 11.4. The first-order chi connectivity index (χ1) is 6.62. The van der Waals surface area contributed by atoms with Crippen LogP contribution in [0.15, 0.2) is 0 Å². The number of nitrogens with zero attached hydrogens (tertiary/aromatic N) is 1. The third-order valence-electron chi connectivity index (χ3n) is 2.62. The van der Waals surface area contributed by atoms with E-state index in [-0.39, 0.29) is 11.8 Å². The molecule has 78 valence electrons. The summed E-state index contributed by atoms with van der Waals surface area (Å²) in [5.41, 5.74) is 7.53. The highest BCUT2D eigenvalue weighted by Gasteiger charge is 2.41. The number of carbonyl (C=O) groups excluding carboxylic acids is 2. The van der Waals surface area contributed by atoms with Crippen molar-refractivity contribution < 1.29 is 9.59 Å². The lowest BCUT2D eigenvalue weighted by Crippen LogP contribution is -2.64. The van der Waals surface area contributed by atoms with E-state index in [0.717, 1.165) is 6.42 Å². The van der Waals surface area contributed by atoms with Crippen LogP contribution in [0, 0.1) is 0 Å². The molecule has 2 heterocycles. The van der Waals surface area contributed by atoms with Crippen LogP contribution in [0.4, 0.5) is 0 Å². The summed E-state index contributed by atoms with van der Waals surface area (Å²) < 4.78 is 0. The van der Waals surface area contributed by atoms with Crippen LogP contribution in [0.25, 0.3) is 0 Å². The van der Waals surface area contributed by atoms with E-state index in [1.807, 2.05) is 0 Å². The van der Waals surface area contributed by atoms with Crippen molar-refractivity contribution in [2.24, 2.45) is 5.73 Å². The largest absolute Gasteiger partial charge is 0.353 e. The van der Waals surface area contributed by atoms with Gasteiger partial charge < -0.3 is 11.1 Å². The molecule has 0 aromatic heterocycles.